The summed E-state index contributed by atoms with van der Waals surface area (Å²) < 4.78 is 0.0775. The van der Waals surface area contributed by atoms with Crippen LogP contribution in [0.5, 0.6) is 0 Å². The van der Waals surface area contributed by atoms with Crippen LogP contribution in [0.3, 0.4) is 0 Å². The highest BCUT2D eigenvalue weighted by molar-refractivity contribution is 8.00. The summed E-state index contributed by atoms with van der Waals surface area (Å²) in [5.74, 6) is 4.82. The molecule has 1 aromatic rings. The van der Waals surface area contributed by atoms with Gasteiger partial charge in [-0.25, -0.2) is 0 Å². The molecule has 0 aromatic heterocycles. The molecular formula is C13H18N4O3S. The molecule has 0 heterocycles. The number of hydrogen-bond donors (Lipinski definition) is 3. The highest BCUT2D eigenvalue weighted by atomic mass is 32.2. The molecule has 1 amide bonds. The van der Waals surface area contributed by atoms with Crippen molar-refractivity contribution in [2.75, 3.05) is 18.2 Å². The number of hydrazine groups is 1. The van der Waals surface area contributed by atoms with Crippen molar-refractivity contribution < 1.29 is 9.72 Å². The molecule has 1 aliphatic rings. The van der Waals surface area contributed by atoms with E-state index in [0.717, 1.165) is 19.3 Å². The summed E-state index contributed by atoms with van der Waals surface area (Å²) in [4.78, 5) is 22.8. The van der Waals surface area contributed by atoms with Gasteiger partial charge in [-0.2, -0.15) is 11.8 Å². The molecule has 0 unspecified atom stereocenters. The fourth-order valence-corrected chi connectivity index (χ4v) is 3.31. The van der Waals surface area contributed by atoms with E-state index in [1.165, 1.54) is 12.1 Å². The highest BCUT2D eigenvalue weighted by Gasteiger charge is 2.36. The molecule has 4 N–H and O–H groups in total. The predicted molar refractivity (Wildman–Crippen MR) is 83.3 cm³/mol. The van der Waals surface area contributed by atoms with Crippen LogP contribution in [0.25, 0.3) is 0 Å². The van der Waals surface area contributed by atoms with Crippen LogP contribution in [0.2, 0.25) is 0 Å². The van der Waals surface area contributed by atoms with Crippen LogP contribution in [0.1, 0.15) is 29.6 Å². The van der Waals surface area contributed by atoms with Crippen molar-refractivity contribution in [3.05, 3.63) is 33.9 Å². The predicted octanol–water partition coefficient (Wildman–Crippen LogP) is 1.90. The molecule has 0 saturated heterocycles. The van der Waals surface area contributed by atoms with Crippen LogP contribution < -0.4 is 16.6 Å². The van der Waals surface area contributed by atoms with Crippen molar-refractivity contribution in [2.24, 2.45) is 5.84 Å². The molecule has 2 rings (SSSR count). The van der Waals surface area contributed by atoms with Gasteiger partial charge < -0.3 is 10.7 Å². The Balaban J connectivity index is 2.17. The highest BCUT2D eigenvalue weighted by Crippen LogP contribution is 2.42. The summed E-state index contributed by atoms with van der Waals surface area (Å²) in [5.41, 5.74) is 2.09. The molecule has 1 fully saturated rings. The number of nitro groups is 1. The lowest BCUT2D eigenvalue weighted by atomic mass is 9.84. The summed E-state index contributed by atoms with van der Waals surface area (Å²) in [6, 6.07) is 4.45. The first-order valence-corrected chi connectivity index (χ1v) is 7.83. The van der Waals surface area contributed by atoms with Crippen molar-refractivity contribution in [2.45, 2.75) is 24.0 Å². The Morgan fingerprint density at radius 3 is 2.71 bits per heavy atom. The molecule has 0 bridgehead atoms. The Kier molecular flexibility index (Phi) is 4.69. The fourth-order valence-electron chi connectivity index (χ4n) is 2.40. The molecule has 0 atom stereocenters. The first-order valence-electron chi connectivity index (χ1n) is 6.60. The van der Waals surface area contributed by atoms with Crippen molar-refractivity contribution in [3.63, 3.8) is 0 Å². The molecule has 1 saturated carbocycles. The van der Waals surface area contributed by atoms with Crippen molar-refractivity contribution in [1.29, 1.82) is 0 Å². The Morgan fingerprint density at radius 2 is 2.24 bits per heavy atom. The molecule has 0 radical (unpaired) electrons. The minimum atomic E-state index is -0.599. The number of benzene rings is 1. The Morgan fingerprint density at radius 1 is 1.52 bits per heavy atom. The Labute approximate surface area is 126 Å². The van der Waals surface area contributed by atoms with Gasteiger partial charge in [0.15, 0.2) is 0 Å². The smallest absolute Gasteiger partial charge is 0.306 e. The second-order valence-electron chi connectivity index (χ2n) is 5.03. The van der Waals surface area contributed by atoms with Gasteiger partial charge in [-0.1, -0.05) is 12.5 Å². The largest absolute Gasteiger partial charge is 0.350 e. The van der Waals surface area contributed by atoms with Gasteiger partial charge in [0.25, 0.3) is 5.91 Å². The number of nitrogens with zero attached hydrogens (tertiary/aromatic N) is 1. The van der Waals surface area contributed by atoms with E-state index in [0.29, 0.717) is 6.54 Å². The van der Waals surface area contributed by atoms with Gasteiger partial charge in [0.2, 0.25) is 0 Å². The lowest BCUT2D eigenvalue weighted by molar-refractivity contribution is -0.384. The van der Waals surface area contributed by atoms with Gasteiger partial charge >= 0.3 is 5.69 Å². The fraction of sp³-hybridized carbons (Fsp3) is 0.462. The van der Waals surface area contributed by atoms with Crippen LogP contribution >= 0.6 is 11.8 Å². The number of nitro benzene ring substituents is 1. The maximum atomic E-state index is 12.2. The number of thioether (sulfide) groups is 1. The van der Waals surface area contributed by atoms with E-state index in [1.807, 2.05) is 6.26 Å². The number of amides is 1. The van der Waals surface area contributed by atoms with Crippen LogP contribution in [0.15, 0.2) is 18.2 Å². The number of nitrogens with two attached hydrogens (primary N) is 1. The third-order valence-corrected chi connectivity index (χ3v) is 5.31. The van der Waals surface area contributed by atoms with E-state index < -0.39 is 10.8 Å². The second kappa shape index (κ2) is 6.31. The zero-order valence-electron chi connectivity index (χ0n) is 11.7. The van der Waals surface area contributed by atoms with E-state index in [-0.39, 0.29) is 21.7 Å². The normalized spacial score (nSPS) is 15.9. The monoisotopic (exact) mass is 310 g/mol. The number of para-hydroxylation sites is 1. The van der Waals surface area contributed by atoms with Gasteiger partial charge in [-0.05, 0) is 31.2 Å². The zero-order valence-corrected chi connectivity index (χ0v) is 12.5. The first kappa shape index (κ1) is 15.6. The van der Waals surface area contributed by atoms with E-state index >= 15 is 0 Å². The van der Waals surface area contributed by atoms with Crippen molar-refractivity contribution in [3.8, 4) is 0 Å². The van der Waals surface area contributed by atoms with Crippen LogP contribution in [-0.4, -0.2) is 28.4 Å². The topological polar surface area (TPSA) is 110 Å². The number of nitrogen functional groups attached to an aromatic ring is 1. The van der Waals surface area contributed by atoms with Gasteiger partial charge in [0.1, 0.15) is 11.3 Å². The molecule has 8 heteroatoms. The first-order chi connectivity index (χ1) is 10.0. The molecular weight excluding hydrogens is 292 g/mol. The summed E-state index contributed by atoms with van der Waals surface area (Å²) in [6.07, 6.45) is 5.29. The third kappa shape index (κ3) is 3.11. The molecule has 21 heavy (non-hydrogen) atoms. The average molecular weight is 310 g/mol. The van der Waals surface area contributed by atoms with E-state index in [2.05, 4.69) is 10.7 Å². The standard InChI is InChI=1S/C13H18N4O3S/c1-21-13(6-3-7-13)8-15-12(18)9-4-2-5-10(16-14)11(9)17(19)20/h2,4-5,16H,3,6-8,14H2,1H3,(H,15,18). The zero-order chi connectivity index (χ0) is 15.5. The Bertz CT molecular complexity index is 555. The van der Waals surface area contributed by atoms with E-state index in [4.69, 9.17) is 5.84 Å². The summed E-state index contributed by atoms with van der Waals surface area (Å²) >= 11 is 1.73. The number of carbonyl (C=O) groups excluding carboxylic acids is 1. The minimum absolute atomic E-state index is 0.0195. The molecule has 1 aliphatic carbocycles. The lowest BCUT2D eigenvalue weighted by Gasteiger charge is -2.40. The number of hydrogen-bond acceptors (Lipinski definition) is 6. The van der Waals surface area contributed by atoms with Gasteiger partial charge in [0.05, 0.1) is 4.92 Å². The van der Waals surface area contributed by atoms with Gasteiger partial charge in [0, 0.05) is 11.3 Å². The molecule has 7 nitrogen and oxygen atoms in total. The average Bonchev–Trinajstić information content (AvgIpc) is 2.45. The van der Waals surface area contributed by atoms with Crippen LogP contribution in [0.4, 0.5) is 11.4 Å². The number of anilines is 1. The van der Waals surface area contributed by atoms with E-state index in [9.17, 15) is 14.9 Å². The molecule has 1 aromatic carbocycles. The summed E-state index contributed by atoms with van der Waals surface area (Å²) in [7, 11) is 0. The third-order valence-electron chi connectivity index (χ3n) is 3.89. The number of carbonyl (C=O) groups is 1. The number of rotatable bonds is 6. The quantitative estimate of drug-likeness (QED) is 0.420. The van der Waals surface area contributed by atoms with Crippen LogP contribution in [-0.2, 0) is 0 Å². The summed E-state index contributed by atoms with van der Waals surface area (Å²) in [5, 5.41) is 14.0. The molecule has 0 aliphatic heterocycles. The molecule has 0 spiro atoms. The number of nitrogens with one attached hydrogen (secondary N) is 2. The van der Waals surface area contributed by atoms with E-state index in [1.54, 1.807) is 17.8 Å². The SMILES string of the molecule is CSC1(CNC(=O)c2cccc(NN)c2[N+](=O)[O-])CCC1. The van der Waals surface area contributed by atoms with Gasteiger partial charge in [-0.3, -0.25) is 20.8 Å². The molecule has 114 valence electrons. The van der Waals surface area contributed by atoms with Gasteiger partial charge in [-0.15, -0.1) is 0 Å². The minimum Gasteiger partial charge on any atom is -0.350 e. The van der Waals surface area contributed by atoms with Crippen molar-refractivity contribution >= 4 is 29.0 Å². The Hall–Kier alpha value is -1.80. The lowest BCUT2D eigenvalue weighted by Crippen LogP contribution is -2.45. The second-order valence-corrected chi connectivity index (χ2v) is 6.30. The van der Waals surface area contributed by atoms with Crippen LogP contribution in [0, 0.1) is 10.1 Å². The van der Waals surface area contributed by atoms with Crippen molar-refractivity contribution in [1.82, 2.24) is 5.32 Å². The maximum Gasteiger partial charge on any atom is 0.306 e. The maximum absolute atomic E-state index is 12.2. The summed E-state index contributed by atoms with van der Waals surface area (Å²) in [6.45, 7) is 0.518.